The number of nitrogens with one attached hydrogen (secondary N) is 1. The van der Waals surface area contributed by atoms with Crippen LogP contribution < -0.4 is 5.32 Å². The second-order valence-corrected chi connectivity index (χ2v) is 7.49. The molecule has 2 N–H and O–H groups in total. The second kappa shape index (κ2) is 9.84. The summed E-state index contributed by atoms with van der Waals surface area (Å²) in [5.74, 6) is -3.35. The molecule has 8 heteroatoms. The average molecular weight is 406 g/mol. The molecule has 1 amide bonds. The molecule has 1 heterocycles. The fraction of sp³-hybridized carbons (Fsp3) is 0.571. The molecule has 1 aliphatic heterocycles. The third-order valence-electron chi connectivity index (χ3n) is 5.45. The van der Waals surface area contributed by atoms with Crippen molar-refractivity contribution >= 4 is 17.8 Å². The number of hydrogen-bond donors (Lipinski definition) is 2. The summed E-state index contributed by atoms with van der Waals surface area (Å²) in [4.78, 5) is 39.1. The number of amides is 1. The Kier molecular flexibility index (Phi) is 7.75. The Morgan fingerprint density at radius 1 is 1.10 bits per heavy atom. The summed E-state index contributed by atoms with van der Waals surface area (Å²) in [6, 6.07) is 6.84. The van der Waals surface area contributed by atoms with Gasteiger partial charge in [-0.1, -0.05) is 26.0 Å². The molecule has 1 aliphatic rings. The predicted octanol–water partition coefficient (Wildman–Crippen LogP) is 0.624. The molecule has 160 valence electrons. The molecule has 1 aromatic rings. The third-order valence-corrected chi connectivity index (χ3v) is 5.45. The molecule has 0 bridgehead atoms. The van der Waals surface area contributed by atoms with Crippen molar-refractivity contribution in [2.24, 2.45) is 11.8 Å². The van der Waals surface area contributed by atoms with Gasteiger partial charge in [-0.05, 0) is 30.0 Å². The molecular formula is C21H30N2O6. The van der Waals surface area contributed by atoms with Gasteiger partial charge in [0.1, 0.15) is 5.92 Å². The number of nitrogens with zero attached hydrogens (tertiary/aromatic N) is 1. The summed E-state index contributed by atoms with van der Waals surface area (Å²) >= 11 is 0. The van der Waals surface area contributed by atoms with Crippen molar-refractivity contribution in [2.45, 2.75) is 25.9 Å². The zero-order chi connectivity index (χ0) is 21.6. The van der Waals surface area contributed by atoms with Gasteiger partial charge in [0, 0.05) is 31.7 Å². The number of ether oxygens (including phenoxy) is 2. The maximum atomic E-state index is 12.6. The largest absolute Gasteiger partial charge is 0.469 e. The van der Waals surface area contributed by atoms with Crippen molar-refractivity contribution < 1.29 is 29.0 Å². The lowest BCUT2D eigenvalue weighted by atomic mass is 9.75. The Morgan fingerprint density at radius 2 is 1.69 bits per heavy atom. The van der Waals surface area contributed by atoms with Crippen molar-refractivity contribution in [1.82, 2.24) is 10.2 Å². The molecule has 2 unspecified atom stereocenters. The molecule has 0 saturated carbocycles. The Balaban J connectivity index is 2.24. The van der Waals surface area contributed by atoms with Crippen molar-refractivity contribution in [3.63, 3.8) is 0 Å². The second-order valence-electron chi connectivity index (χ2n) is 7.49. The molecule has 0 aliphatic carbocycles. The summed E-state index contributed by atoms with van der Waals surface area (Å²) in [5.41, 5.74) is -0.783. The zero-order valence-corrected chi connectivity index (χ0v) is 17.4. The van der Waals surface area contributed by atoms with Crippen LogP contribution in [0.25, 0.3) is 0 Å². The molecule has 0 aromatic heterocycles. The fourth-order valence-electron chi connectivity index (χ4n) is 3.57. The van der Waals surface area contributed by atoms with Gasteiger partial charge < -0.3 is 24.8 Å². The third kappa shape index (κ3) is 4.94. The van der Waals surface area contributed by atoms with E-state index in [9.17, 15) is 19.5 Å². The SMILES string of the molecule is COC(=O)C(Cc1ccc(C(=O)N2CCNCC2)cc1)C(O)(C(=O)OC)C(C)C. The minimum absolute atomic E-state index is 0.0455. The van der Waals surface area contributed by atoms with Gasteiger partial charge in [0.2, 0.25) is 0 Å². The van der Waals surface area contributed by atoms with Crippen LogP contribution in [-0.2, 0) is 25.5 Å². The van der Waals surface area contributed by atoms with Crippen molar-refractivity contribution in [2.75, 3.05) is 40.4 Å². The maximum absolute atomic E-state index is 12.6. The minimum Gasteiger partial charge on any atom is -0.469 e. The van der Waals surface area contributed by atoms with Crippen LogP contribution in [0.2, 0.25) is 0 Å². The first-order valence-corrected chi connectivity index (χ1v) is 9.73. The van der Waals surface area contributed by atoms with E-state index in [2.05, 4.69) is 5.32 Å². The molecular weight excluding hydrogens is 376 g/mol. The van der Waals surface area contributed by atoms with Gasteiger partial charge in [0.15, 0.2) is 5.60 Å². The van der Waals surface area contributed by atoms with Crippen LogP contribution in [0.1, 0.15) is 29.8 Å². The molecule has 8 nitrogen and oxygen atoms in total. The van der Waals surface area contributed by atoms with E-state index in [4.69, 9.17) is 9.47 Å². The Hall–Kier alpha value is -2.45. The smallest absolute Gasteiger partial charge is 0.339 e. The molecule has 2 rings (SSSR count). The van der Waals surface area contributed by atoms with E-state index in [1.165, 1.54) is 14.2 Å². The predicted molar refractivity (Wildman–Crippen MR) is 106 cm³/mol. The van der Waals surface area contributed by atoms with E-state index in [1.807, 2.05) is 0 Å². The number of benzene rings is 1. The van der Waals surface area contributed by atoms with Gasteiger partial charge in [-0.25, -0.2) is 4.79 Å². The van der Waals surface area contributed by atoms with E-state index in [0.29, 0.717) is 24.2 Å². The number of carbonyl (C=O) groups excluding carboxylic acids is 3. The summed E-state index contributed by atoms with van der Waals surface area (Å²) in [5, 5.41) is 14.3. The van der Waals surface area contributed by atoms with Crippen molar-refractivity contribution in [3.8, 4) is 0 Å². The topological polar surface area (TPSA) is 105 Å². The Morgan fingerprint density at radius 3 is 2.17 bits per heavy atom. The van der Waals surface area contributed by atoms with Crippen LogP contribution in [0, 0.1) is 11.8 Å². The average Bonchev–Trinajstić information content (AvgIpc) is 2.76. The highest BCUT2D eigenvalue weighted by Gasteiger charge is 2.51. The van der Waals surface area contributed by atoms with E-state index in [0.717, 1.165) is 13.1 Å². The molecule has 0 spiro atoms. The maximum Gasteiger partial charge on any atom is 0.339 e. The number of aliphatic hydroxyl groups is 1. The van der Waals surface area contributed by atoms with Gasteiger partial charge in [-0.3, -0.25) is 9.59 Å². The summed E-state index contributed by atoms with van der Waals surface area (Å²) in [7, 11) is 2.38. The highest BCUT2D eigenvalue weighted by molar-refractivity contribution is 5.94. The first kappa shape index (κ1) is 22.8. The normalized spacial score (nSPS) is 17.4. The van der Waals surface area contributed by atoms with Crippen molar-refractivity contribution in [1.29, 1.82) is 0 Å². The quantitative estimate of drug-likeness (QED) is 0.640. The molecule has 2 atom stereocenters. The van der Waals surface area contributed by atoms with Crippen LogP contribution in [0.4, 0.5) is 0 Å². The van der Waals surface area contributed by atoms with E-state index >= 15 is 0 Å². The van der Waals surface area contributed by atoms with Crippen molar-refractivity contribution in [3.05, 3.63) is 35.4 Å². The molecule has 1 aromatic carbocycles. The molecule has 29 heavy (non-hydrogen) atoms. The molecule has 1 saturated heterocycles. The number of hydrogen-bond acceptors (Lipinski definition) is 7. The highest BCUT2D eigenvalue weighted by atomic mass is 16.5. The Bertz CT molecular complexity index is 727. The van der Waals surface area contributed by atoms with Crippen LogP contribution in [0.15, 0.2) is 24.3 Å². The van der Waals surface area contributed by atoms with Crippen LogP contribution in [0.3, 0.4) is 0 Å². The summed E-state index contributed by atoms with van der Waals surface area (Å²) in [6.07, 6.45) is 0.0680. The lowest BCUT2D eigenvalue weighted by molar-refractivity contribution is -0.184. The van der Waals surface area contributed by atoms with Gasteiger partial charge in [0.25, 0.3) is 5.91 Å². The number of carbonyl (C=O) groups is 3. The van der Waals surface area contributed by atoms with Gasteiger partial charge in [-0.15, -0.1) is 0 Å². The van der Waals surface area contributed by atoms with Crippen LogP contribution in [-0.4, -0.2) is 73.9 Å². The first-order chi connectivity index (χ1) is 13.7. The zero-order valence-electron chi connectivity index (χ0n) is 17.4. The molecule has 0 radical (unpaired) electrons. The van der Waals surface area contributed by atoms with E-state index < -0.39 is 29.4 Å². The standard InChI is InChI=1S/C21H30N2O6/c1-14(2)21(27,20(26)29-4)17(19(25)28-3)13-15-5-7-16(8-6-15)18(24)23-11-9-22-10-12-23/h5-8,14,17,22,27H,9-13H2,1-4H3. The highest BCUT2D eigenvalue weighted by Crippen LogP contribution is 2.32. The number of esters is 2. The lowest BCUT2D eigenvalue weighted by Gasteiger charge is -2.35. The number of piperazine rings is 1. The van der Waals surface area contributed by atoms with Gasteiger partial charge >= 0.3 is 11.9 Å². The first-order valence-electron chi connectivity index (χ1n) is 9.73. The van der Waals surface area contributed by atoms with Gasteiger partial charge in [-0.2, -0.15) is 0 Å². The summed E-state index contributed by atoms with van der Waals surface area (Å²) < 4.78 is 9.60. The van der Waals surface area contributed by atoms with Crippen LogP contribution >= 0.6 is 0 Å². The van der Waals surface area contributed by atoms with Crippen LogP contribution in [0.5, 0.6) is 0 Å². The van der Waals surface area contributed by atoms with Gasteiger partial charge in [0.05, 0.1) is 14.2 Å². The lowest BCUT2D eigenvalue weighted by Crippen LogP contribution is -2.54. The minimum atomic E-state index is -2.03. The number of methoxy groups -OCH3 is 2. The van der Waals surface area contributed by atoms with E-state index in [-0.39, 0.29) is 12.3 Å². The Labute approximate surface area is 171 Å². The van der Waals surface area contributed by atoms with E-state index in [1.54, 1.807) is 43.0 Å². The molecule has 1 fully saturated rings. The summed E-state index contributed by atoms with van der Waals surface area (Å²) in [6.45, 7) is 6.14. The number of rotatable bonds is 7. The monoisotopic (exact) mass is 406 g/mol. The fourth-order valence-corrected chi connectivity index (χ4v) is 3.57.